The van der Waals surface area contributed by atoms with Crippen molar-refractivity contribution in [2.45, 2.75) is 10.9 Å². The van der Waals surface area contributed by atoms with Gasteiger partial charge in [-0.3, -0.25) is 13.8 Å². The molecule has 10 heteroatoms. The van der Waals surface area contributed by atoms with Gasteiger partial charge in [0, 0.05) is 31.1 Å². The number of fused-ring (bicyclic) bond motifs is 1. The number of benzene rings is 1. The van der Waals surface area contributed by atoms with E-state index in [0.717, 1.165) is 0 Å². The zero-order valence-electron chi connectivity index (χ0n) is 16.5. The molecule has 0 radical (unpaired) electrons. The highest BCUT2D eigenvalue weighted by molar-refractivity contribution is 7.98. The predicted octanol–water partition coefficient (Wildman–Crippen LogP) is 2.54. The second kappa shape index (κ2) is 8.48. The maximum atomic E-state index is 14.0. The number of hydrogen-bond donors (Lipinski definition) is 0. The molecule has 1 aliphatic heterocycles. The Morgan fingerprint density at radius 2 is 1.94 bits per heavy atom. The van der Waals surface area contributed by atoms with E-state index < -0.39 is 0 Å². The van der Waals surface area contributed by atoms with Gasteiger partial charge in [0.2, 0.25) is 5.95 Å². The number of ether oxygens (including phenoxy) is 1. The van der Waals surface area contributed by atoms with Gasteiger partial charge in [-0.1, -0.05) is 23.9 Å². The van der Waals surface area contributed by atoms with Crippen molar-refractivity contribution in [1.29, 1.82) is 0 Å². The molecule has 8 nitrogen and oxygen atoms in total. The largest absolute Gasteiger partial charge is 0.378 e. The molecule has 0 spiro atoms. The Labute approximate surface area is 181 Å². The lowest BCUT2D eigenvalue weighted by atomic mass is 10.3. The summed E-state index contributed by atoms with van der Waals surface area (Å²) in [6.45, 7) is 2.56. The second-order valence-corrected chi connectivity index (χ2v) is 7.94. The molecule has 0 atom stereocenters. The van der Waals surface area contributed by atoms with E-state index in [9.17, 15) is 9.18 Å². The number of pyridine rings is 1. The molecule has 1 aliphatic rings. The Morgan fingerprint density at radius 1 is 1.06 bits per heavy atom. The quantitative estimate of drug-likeness (QED) is 0.443. The van der Waals surface area contributed by atoms with Crippen LogP contribution in [0.3, 0.4) is 0 Å². The van der Waals surface area contributed by atoms with Crippen molar-refractivity contribution in [2.24, 2.45) is 0 Å². The summed E-state index contributed by atoms with van der Waals surface area (Å²) in [5.74, 6) is 0.735. The lowest BCUT2D eigenvalue weighted by Crippen LogP contribution is -2.37. The number of nitrogens with zero attached hydrogens (tertiary/aromatic N) is 6. The van der Waals surface area contributed by atoms with Crippen LogP contribution in [0.4, 0.5) is 10.3 Å². The Hall–Kier alpha value is -3.24. The number of thioether (sulfide) groups is 1. The zero-order valence-corrected chi connectivity index (χ0v) is 17.3. The van der Waals surface area contributed by atoms with E-state index in [-0.39, 0.29) is 11.4 Å². The molecule has 158 valence electrons. The highest BCUT2D eigenvalue weighted by Gasteiger charge is 2.22. The number of aromatic nitrogens is 5. The first-order valence-corrected chi connectivity index (χ1v) is 10.8. The van der Waals surface area contributed by atoms with Crippen LogP contribution in [0.1, 0.15) is 5.69 Å². The molecule has 4 heterocycles. The van der Waals surface area contributed by atoms with Gasteiger partial charge in [-0.25, -0.2) is 9.37 Å². The molecule has 5 rings (SSSR count). The Kier molecular flexibility index (Phi) is 5.39. The summed E-state index contributed by atoms with van der Waals surface area (Å²) in [6, 6.07) is 13.3. The smallest absolute Gasteiger partial charge is 0.258 e. The summed E-state index contributed by atoms with van der Waals surface area (Å²) in [7, 11) is 0. The molecule has 1 saturated heterocycles. The van der Waals surface area contributed by atoms with Crippen LogP contribution in [0.15, 0.2) is 64.7 Å². The van der Waals surface area contributed by atoms with Crippen molar-refractivity contribution >= 4 is 23.4 Å². The second-order valence-electron chi connectivity index (χ2n) is 7.00. The summed E-state index contributed by atoms with van der Waals surface area (Å²) in [5, 5.41) is 9.34. The monoisotopic (exact) mass is 438 g/mol. The average Bonchev–Trinajstić information content (AvgIpc) is 3.22. The predicted molar refractivity (Wildman–Crippen MR) is 115 cm³/mol. The SMILES string of the molecule is O=c1cc(CSc2nnc(N3CCOCC3)n2-c2cccc(F)c2)nc2ccccn12. The van der Waals surface area contributed by atoms with Crippen LogP contribution >= 0.6 is 11.8 Å². The molecule has 4 aromatic rings. The van der Waals surface area contributed by atoms with Crippen LogP contribution in [-0.4, -0.2) is 50.5 Å². The molecule has 0 saturated carbocycles. The number of morpholine rings is 1. The Balaban J connectivity index is 1.49. The summed E-state index contributed by atoms with van der Waals surface area (Å²) >= 11 is 1.40. The van der Waals surface area contributed by atoms with Crippen molar-refractivity contribution < 1.29 is 9.13 Å². The van der Waals surface area contributed by atoms with Crippen LogP contribution < -0.4 is 10.5 Å². The molecule has 0 bridgehead atoms. The molecule has 31 heavy (non-hydrogen) atoms. The first kappa shape index (κ1) is 19.7. The molecule has 1 fully saturated rings. The molecular formula is C21H19FN6O2S. The van der Waals surface area contributed by atoms with Crippen LogP contribution in [-0.2, 0) is 10.5 Å². The maximum Gasteiger partial charge on any atom is 0.258 e. The lowest BCUT2D eigenvalue weighted by Gasteiger charge is -2.27. The number of hydrogen-bond acceptors (Lipinski definition) is 7. The van der Waals surface area contributed by atoms with Gasteiger partial charge in [-0.05, 0) is 30.3 Å². The minimum Gasteiger partial charge on any atom is -0.378 e. The molecular weight excluding hydrogens is 419 g/mol. The number of rotatable bonds is 5. The van der Waals surface area contributed by atoms with Gasteiger partial charge in [-0.2, -0.15) is 0 Å². The fraction of sp³-hybridized carbons (Fsp3) is 0.238. The van der Waals surface area contributed by atoms with E-state index in [1.165, 1.54) is 34.4 Å². The zero-order chi connectivity index (χ0) is 21.2. The van der Waals surface area contributed by atoms with Crippen molar-refractivity contribution in [2.75, 3.05) is 31.2 Å². The summed E-state index contributed by atoms with van der Waals surface area (Å²) in [5.41, 5.74) is 1.73. The standard InChI is InChI=1S/C21H19FN6O2S/c22-15-4-3-5-17(12-15)28-20(26-8-10-30-11-9-26)24-25-21(28)31-14-16-13-19(29)27-7-2-1-6-18(27)23-16/h1-7,12-13H,8-11,14H2. The maximum absolute atomic E-state index is 14.0. The van der Waals surface area contributed by atoms with Crippen LogP contribution in [0.2, 0.25) is 0 Å². The van der Waals surface area contributed by atoms with Crippen molar-refractivity contribution in [3.05, 3.63) is 76.6 Å². The molecule has 3 aromatic heterocycles. The van der Waals surface area contributed by atoms with E-state index in [1.54, 1.807) is 24.4 Å². The highest BCUT2D eigenvalue weighted by atomic mass is 32.2. The lowest BCUT2D eigenvalue weighted by molar-refractivity contribution is 0.122. The Bertz CT molecular complexity index is 1280. The topological polar surface area (TPSA) is 77.6 Å². The van der Waals surface area contributed by atoms with Crippen LogP contribution in [0.5, 0.6) is 0 Å². The van der Waals surface area contributed by atoms with Crippen molar-refractivity contribution in [1.82, 2.24) is 24.1 Å². The third-order valence-corrected chi connectivity index (χ3v) is 5.91. The number of anilines is 1. The van der Waals surface area contributed by atoms with Crippen LogP contribution in [0.25, 0.3) is 11.3 Å². The molecule has 1 aromatic carbocycles. The van der Waals surface area contributed by atoms with E-state index in [2.05, 4.69) is 20.1 Å². The van der Waals surface area contributed by atoms with Gasteiger partial charge < -0.3 is 9.64 Å². The molecule has 0 aliphatic carbocycles. The van der Waals surface area contributed by atoms with Crippen LogP contribution in [0, 0.1) is 5.82 Å². The van der Waals surface area contributed by atoms with Gasteiger partial charge in [-0.15, -0.1) is 10.2 Å². The minimum absolute atomic E-state index is 0.137. The first-order valence-electron chi connectivity index (χ1n) is 9.83. The third kappa shape index (κ3) is 4.04. The van der Waals surface area contributed by atoms with Gasteiger partial charge in [0.1, 0.15) is 11.5 Å². The summed E-state index contributed by atoms with van der Waals surface area (Å²) in [6.07, 6.45) is 1.69. The van der Waals surface area contributed by atoms with Crippen molar-refractivity contribution in [3.63, 3.8) is 0 Å². The normalized spacial score (nSPS) is 14.3. The van der Waals surface area contributed by atoms with E-state index >= 15 is 0 Å². The summed E-state index contributed by atoms with van der Waals surface area (Å²) in [4.78, 5) is 19.0. The fourth-order valence-electron chi connectivity index (χ4n) is 3.48. The molecule has 0 amide bonds. The first-order chi connectivity index (χ1) is 15.2. The number of halogens is 1. The highest BCUT2D eigenvalue weighted by Crippen LogP contribution is 2.29. The van der Waals surface area contributed by atoms with E-state index in [1.807, 2.05) is 16.7 Å². The van der Waals surface area contributed by atoms with Crippen molar-refractivity contribution in [3.8, 4) is 5.69 Å². The minimum atomic E-state index is -0.334. The average molecular weight is 438 g/mol. The molecule has 0 N–H and O–H groups in total. The molecule has 0 unspecified atom stereocenters. The summed E-state index contributed by atoms with van der Waals surface area (Å²) < 4.78 is 22.7. The fourth-order valence-corrected chi connectivity index (χ4v) is 4.32. The van der Waals surface area contributed by atoms with Gasteiger partial charge in [0.05, 0.1) is 24.6 Å². The van der Waals surface area contributed by atoms with Gasteiger partial charge in [0.15, 0.2) is 5.16 Å². The van der Waals surface area contributed by atoms with Gasteiger partial charge >= 0.3 is 0 Å². The van der Waals surface area contributed by atoms with Gasteiger partial charge in [0.25, 0.3) is 5.56 Å². The van der Waals surface area contributed by atoms with E-state index in [0.29, 0.717) is 60.2 Å². The third-order valence-electron chi connectivity index (χ3n) is 4.95. The van der Waals surface area contributed by atoms with E-state index in [4.69, 9.17) is 4.74 Å². The Morgan fingerprint density at radius 3 is 2.77 bits per heavy atom.